The van der Waals surface area contributed by atoms with Crippen molar-refractivity contribution in [2.45, 2.75) is 13.0 Å². The molecule has 1 rings (SSSR count). The highest BCUT2D eigenvalue weighted by atomic mass is 16.4. The van der Waals surface area contributed by atoms with Crippen LogP contribution < -0.4 is 15.7 Å². The maximum Gasteiger partial charge on any atom is 0.319 e. The van der Waals surface area contributed by atoms with Gasteiger partial charge >= 0.3 is 6.03 Å². The van der Waals surface area contributed by atoms with Crippen molar-refractivity contribution in [2.24, 2.45) is 0 Å². The van der Waals surface area contributed by atoms with Crippen molar-refractivity contribution < 1.29 is 14.7 Å². The summed E-state index contributed by atoms with van der Waals surface area (Å²) in [7, 11) is 0. The SMILES string of the molecule is C[C@H](NC(=O)Nc1ccccc1)C(=O)[O-]. The lowest BCUT2D eigenvalue weighted by Gasteiger charge is -2.15. The first-order valence-corrected chi connectivity index (χ1v) is 4.43. The van der Waals surface area contributed by atoms with Crippen LogP contribution in [0, 0.1) is 0 Å². The topological polar surface area (TPSA) is 81.3 Å². The molecule has 1 aromatic rings. The molecule has 0 bridgehead atoms. The smallest absolute Gasteiger partial charge is 0.319 e. The first kappa shape index (κ1) is 11.0. The molecule has 0 aliphatic carbocycles. The molecule has 5 heteroatoms. The first-order chi connectivity index (χ1) is 7.09. The van der Waals surface area contributed by atoms with Crippen LogP contribution in [0.3, 0.4) is 0 Å². The van der Waals surface area contributed by atoms with E-state index < -0.39 is 18.0 Å². The van der Waals surface area contributed by atoms with E-state index in [1.807, 2.05) is 6.07 Å². The van der Waals surface area contributed by atoms with Gasteiger partial charge in [-0.1, -0.05) is 18.2 Å². The van der Waals surface area contributed by atoms with Gasteiger partial charge < -0.3 is 20.5 Å². The molecule has 1 atom stereocenters. The van der Waals surface area contributed by atoms with E-state index in [1.54, 1.807) is 24.3 Å². The van der Waals surface area contributed by atoms with Crippen LogP contribution in [0.25, 0.3) is 0 Å². The van der Waals surface area contributed by atoms with Gasteiger partial charge in [0.15, 0.2) is 0 Å². The van der Waals surface area contributed by atoms with Crippen LogP contribution in [-0.2, 0) is 4.79 Å². The van der Waals surface area contributed by atoms with E-state index >= 15 is 0 Å². The van der Waals surface area contributed by atoms with E-state index in [2.05, 4.69) is 10.6 Å². The fourth-order valence-corrected chi connectivity index (χ4v) is 0.944. The molecule has 5 nitrogen and oxygen atoms in total. The van der Waals surface area contributed by atoms with Crippen molar-refractivity contribution in [2.75, 3.05) is 5.32 Å². The van der Waals surface area contributed by atoms with E-state index in [0.717, 1.165) is 0 Å². The summed E-state index contributed by atoms with van der Waals surface area (Å²) in [5.41, 5.74) is 0.598. The second kappa shape index (κ2) is 4.99. The Balaban J connectivity index is 2.47. The van der Waals surface area contributed by atoms with Crippen LogP contribution in [-0.4, -0.2) is 18.0 Å². The number of aliphatic carboxylic acids is 1. The van der Waals surface area contributed by atoms with Gasteiger partial charge in [0, 0.05) is 5.69 Å². The van der Waals surface area contributed by atoms with Gasteiger partial charge in [-0.15, -0.1) is 0 Å². The molecular weight excluding hydrogens is 196 g/mol. The van der Waals surface area contributed by atoms with E-state index in [-0.39, 0.29) is 0 Å². The van der Waals surface area contributed by atoms with E-state index in [1.165, 1.54) is 6.92 Å². The number of hydrogen-bond acceptors (Lipinski definition) is 3. The van der Waals surface area contributed by atoms with Crippen LogP contribution in [0.2, 0.25) is 0 Å². The normalized spacial score (nSPS) is 11.5. The predicted molar refractivity (Wildman–Crippen MR) is 53.1 cm³/mol. The lowest BCUT2D eigenvalue weighted by atomic mass is 10.3. The number of carbonyl (C=O) groups is 2. The van der Waals surface area contributed by atoms with E-state index in [0.29, 0.717) is 5.69 Å². The summed E-state index contributed by atoms with van der Waals surface area (Å²) in [4.78, 5) is 21.5. The number of nitrogens with one attached hydrogen (secondary N) is 2. The molecule has 0 saturated carbocycles. The Hall–Kier alpha value is -2.04. The zero-order chi connectivity index (χ0) is 11.3. The van der Waals surface area contributed by atoms with Gasteiger partial charge in [0.2, 0.25) is 0 Å². The van der Waals surface area contributed by atoms with Crippen molar-refractivity contribution in [1.82, 2.24) is 5.32 Å². The molecule has 0 aliphatic heterocycles. The van der Waals surface area contributed by atoms with Crippen LogP contribution in [0.1, 0.15) is 6.92 Å². The van der Waals surface area contributed by atoms with Gasteiger partial charge in [0.1, 0.15) is 0 Å². The van der Waals surface area contributed by atoms with Crippen LogP contribution in [0.15, 0.2) is 30.3 Å². The number of anilines is 1. The van der Waals surface area contributed by atoms with Gasteiger partial charge in [0.05, 0.1) is 12.0 Å². The largest absolute Gasteiger partial charge is 0.548 e. The maximum absolute atomic E-state index is 11.2. The van der Waals surface area contributed by atoms with Gasteiger partial charge in [-0.2, -0.15) is 0 Å². The molecule has 1 aromatic carbocycles. The van der Waals surface area contributed by atoms with E-state index in [4.69, 9.17) is 0 Å². The molecule has 2 amide bonds. The summed E-state index contributed by atoms with van der Waals surface area (Å²) < 4.78 is 0. The Morgan fingerprint density at radius 1 is 1.27 bits per heavy atom. The molecule has 80 valence electrons. The van der Waals surface area contributed by atoms with Crippen molar-refractivity contribution in [3.63, 3.8) is 0 Å². The highest BCUT2D eigenvalue weighted by molar-refractivity contribution is 5.91. The van der Waals surface area contributed by atoms with Gasteiger partial charge in [0.25, 0.3) is 0 Å². The maximum atomic E-state index is 11.2. The number of carboxylic acid groups (broad SMARTS) is 1. The van der Waals surface area contributed by atoms with E-state index in [9.17, 15) is 14.7 Å². The summed E-state index contributed by atoms with van der Waals surface area (Å²) in [6.07, 6.45) is 0. The summed E-state index contributed by atoms with van der Waals surface area (Å²) in [5, 5.41) is 15.0. The average molecular weight is 207 g/mol. The number of rotatable bonds is 3. The number of carbonyl (C=O) groups excluding carboxylic acids is 2. The minimum absolute atomic E-state index is 0.571. The molecule has 0 heterocycles. The van der Waals surface area contributed by atoms with Gasteiger partial charge in [-0.3, -0.25) is 0 Å². The standard InChI is InChI=1S/C10H12N2O3/c1-7(9(13)14)11-10(15)12-8-5-3-2-4-6-8/h2-7H,1H3,(H,13,14)(H2,11,12,15)/p-1/t7-/m0/s1. The minimum Gasteiger partial charge on any atom is -0.548 e. The summed E-state index contributed by atoms with van der Waals surface area (Å²) in [5.74, 6) is -1.32. The number of amides is 2. The second-order valence-corrected chi connectivity index (χ2v) is 3.01. The monoisotopic (exact) mass is 207 g/mol. The second-order valence-electron chi connectivity index (χ2n) is 3.01. The molecule has 0 saturated heterocycles. The molecule has 0 aliphatic rings. The van der Waals surface area contributed by atoms with Crippen molar-refractivity contribution >= 4 is 17.7 Å². The third-order valence-corrected chi connectivity index (χ3v) is 1.73. The summed E-state index contributed by atoms with van der Waals surface area (Å²) in [6.45, 7) is 1.33. The number of hydrogen-bond donors (Lipinski definition) is 2. The molecule has 0 aromatic heterocycles. The highest BCUT2D eigenvalue weighted by Crippen LogP contribution is 2.04. The summed E-state index contributed by atoms with van der Waals surface area (Å²) >= 11 is 0. The van der Waals surface area contributed by atoms with Crippen molar-refractivity contribution in [3.05, 3.63) is 30.3 Å². The zero-order valence-corrected chi connectivity index (χ0v) is 8.19. The fraction of sp³-hybridized carbons (Fsp3) is 0.200. The third kappa shape index (κ3) is 3.68. The van der Waals surface area contributed by atoms with Crippen molar-refractivity contribution in [3.8, 4) is 0 Å². The lowest BCUT2D eigenvalue weighted by molar-refractivity contribution is -0.307. The van der Waals surface area contributed by atoms with Crippen LogP contribution in [0.4, 0.5) is 10.5 Å². The predicted octanol–water partition coefficient (Wildman–Crippen LogP) is -0.0535. The van der Waals surface area contributed by atoms with Crippen molar-refractivity contribution in [1.29, 1.82) is 0 Å². The Bertz CT molecular complexity index is 351. The highest BCUT2D eigenvalue weighted by Gasteiger charge is 2.06. The number of benzene rings is 1. The average Bonchev–Trinajstić information content (AvgIpc) is 2.18. The Kier molecular flexibility index (Phi) is 3.68. The third-order valence-electron chi connectivity index (χ3n) is 1.73. The van der Waals surface area contributed by atoms with Gasteiger partial charge in [-0.25, -0.2) is 4.79 Å². The van der Waals surface area contributed by atoms with Crippen LogP contribution in [0.5, 0.6) is 0 Å². The molecule has 2 N–H and O–H groups in total. The number of urea groups is 1. The minimum atomic E-state index is -1.32. The zero-order valence-electron chi connectivity index (χ0n) is 8.19. The Morgan fingerprint density at radius 2 is 1.87 bits per heavy atom. The summed E-state index contributed by atoms with van der Waals surface area (Å²) in [6, 6.07) is 7.14. The molecule has 0 fully saturated rings. The first-order valence-electron chi connectivity index (χ1n) is 4.43. The fourth-order valence-electron chi connectivity index (χ4n) is 0.944. The number of carboxylic acids is 1. The molecule has 0 radical (unpaired) electrons. The Labute approximate surface area is 87.1 Å². The quantitative estimate of drug-likeness (QED) is 0.728. The molecule has 15 heavy (non-hydrogen) atoms. The van der Waals surface area contributed by atoms with Gasteiger partial charge in [-0.05, 0) is 19.1 Å². The number of para-hydroxylation sites is 1. The molecule has 0 spiro atoms. The Morgan fingerprint density at radius 3 is 2.40 bits per heavy atom. The molecular formula is C10H11N2O3-. The lowest BCUT2D eigenvalue weighted by Crippen LogP contribution is -2.47. The van der Waals surface area contributed by atoms with Crippen LogP contribution >= 0.6 is 0 Å². The molecule has 0 unspecified atom stereocenters.